The molecule has 4 rings (SSSR count). The maximum atomic E-state index is 12.7. The van der Waals surface area contributed by atoms with Gasteiger partial charge in [-0.2, -0.15) is 0 Å². The number of nitrogens with zero attached hydrogens (tertiary/aromatic N) is 2. The smallest absolute Gasteiger partial charge is 0.237 e. The Hall–Kier alpha value is -1.72. The van der Waals surface area contributed by atoms with E-state index < -0.39 is 0 Å². The molecule has 144 valence electrons. The van der Waals surface area contributed by atoms with Crippen molar-refractivity contribution in [1.29, 1.82) is 0 Å². The second-order valence-corrected chi connectivity index (χ2v) is 8.86. The van der Waals surface area contributed by atoms with Gasteiger partial charge in [-0.3, -0.25) is 9.69 Å². The van der Waals surface area contributed by atoms with Crippen LogP contribution in [0.3, 0.4) is 0 Å². The highest BCUT2D eigenvalue weighted by atomic mass is 32.1. The van der Waals surface area contributed by atoms with Crippen LogP contribution in [-0.2, 0) is 30.6 Å². The van der Waals surface area contributed by atoms with Gasteiger partial charge < -0.3 is 5.32 Å². The summed E-state index contributed by atoms with van der Waals surface area (Å²) >= 11 is 1.89. The lowest BCUT2D eigenvalue weighted by Gasteiger charge is -2.23. The molecule has 2 aliphatic rings. The first-order valence-corrected chi connectivity index (χ1v) is 11.1. The van der Waals surface area contributed by atoms with Gasteiger partial charge in [0, 0.05) is 24.4 Å². The van der Waals surface area contributed by atoms with Crippen molar-refractivity contribution in [3.8, 4) is 0 Å². The van der Waals surface area contributed by atoms with Gasteiger partial charge in [0.15, 0.2) is 0 Å². The summed E-state index contributed by atoms with van der Waals surface area (Å²) in [6.07, 6.45) is 9.00. The number of amides is 1. The van der Waals surface area contributed by atoms with Crippen LogP contribution in [0.15, 0.2) is 30.3 Å². The molecule has 1 N–H and O–H groups in total. The molecular formula is C22H29N3OS. The Kier molecular flexibility index (Phi) is 6.20. The Morgan fingerprint density at radius 3 is 2.89 bits per heavy atom. The third-order valence-electron chi connectivity index (χ3n) is 5.65. The number of thiazole rings is 1. The number of benzene rings is 1. The summed E-state index contributed by atoms with van der Waals surface area (Å²) in [5.41, 5.74) is 2.62. The Bertz CT molecular complexity index is 735. The first-order chi connectivity index (χ1) is 13.3. The monoisotopic (exact) mass is 383 g/mol. The summed E-state index contributed by atoms with van der Waals surface area (Å²) in [6, 6.07) is 10.5. The molecule has 1 saturated heterocycles. The number of nitrogens with one attached hydrogen (secondary N) is 1. The molecule has 0 bridgehead atoms. The molecule has 1 fully saturated rings. The highest BCUT2D eigenvalue weighted by Gasteiger charge is 2.30. The van der Waals surface area contributed by atoms with Crippen LogP contribution in [-0.4, -0.2) is 34.9 Å². The fourth-order valence-corrected chi connectivity index (χ4v) is 5.41. The molecule has 27 heavy (non-hydrogen) atoms. The van der Waals surface area contributed by atoms with Gasteiger partial charge in [0.2, 0.25) is 5.91 Å². The molecule has 2 heterocycles. The highest BCUT2D eigenvalue weighted by Crippen LogP contribution is 2.27. The zero-order chi connectivity index (χ0) is 18.5. The summed E-state index contributed by atoms with van der Waals surface area (Å²) in [4.78, 5) is 21.3. The molecule has 1 unspecified atom stereocenters. The molecule has 0 radical (unpaired) electrons. The lowest BCUT2D eigenvalue weighted by atomic mass is 10.0. The minimum atomic E-state index is 0.0254. The van der Waals surface area contributed by atoms with E-state index in [4.69, 9.17) is 4.98 Å². The van der Waals surface area contributed by atoms with Crippen molar-refractivity contribution in [2.24, 2.45) is 0 Å². The largest absolute Gasteiger partial charge is 0.355 e. The number of rotatable bonds is 7. The predicted octanol–water partition coefficient (Wildman–Crippen LogP) is 3.74. The minimum Gasteiger partial charge on any atom is -0.355 e. The lowest BCUT2D eigenvalue weighted by Crippen LogP contribution is -2.43. The second kappa shape index (κ2) is 8.98. The third-order valence-corrected chi connectivity index (χ3v) is 6.87. The molecule has 4 nitrogen and oxygen atoms in total. The van der Waals surface area contributed by atoms with Crippen LogP contribution in [0.5, 0.6) is 0 Å². The number of hydrogen-bond donors (Lipinski definition) is 1. The molecule has 2 aromatic rings. The topological polar surface area (TPSA) is 45.2 Å². The summed E-state index contributed by atoms with van der Waals surface area (Å²) < 4.78 is 0. The van der Waals surface area contributed by atoms with Gasteiger partial charge in [-0.15, -0.1) is 11.3 Å². The van der Waals surface area contributed by atoms with Crippen LogP contribution >= 0.6 is 11.3 Å². The summed E-state index contributed by atoms with van der Waals surface area (Å²) in [7, 11) is 0. The quantitative estimate of drug-likeness (QED) is 0.741. The zero-order valence-corrected chi connectivity index (χ0v) is 16.8. The van der Waals surface area contributed by atoms with Crippen molar-refractivity contribution < 1.29 is 4.79 Å². The molecular weight excluding hydrogens is 354 g/mol. The first kappa shape index (κ1) is 18.6. The molecule has 1 aromatic carbocycles. The van der Waals surface area contributed by atoms with Gasteiger partial charge in [0.1, 0.15) is 0 Å². The van der Waals surface area contributed by atoms with E-state index >= 15 is 0 Å². The molecule has 1 atom stereocenters. The fourth-order valence-electron chi connectivity index (χ4n) is 4.21. The van der Waals surface area contributed by atoms with Crippen molar-refractivity contribution in [3.63, 3.8) is 0 Å². The fraction of sp³-hybridized carbons (Fsp3) is 0.545. The van der Waals surface area contributed by atoms with E-state index in [1.807, 2.05) is 17.4 Å². The second-order valence-electron chi connectivity index (χ2n) is 7.69. The van der Waals surface area contributed by atoms with Crippen LogP contribution in [0.2, 0.25) is 0 Å². The van der Waals surface area contributed by atoms with E-state index in [1.54, 1.807) is 0 Å². The Balaban J connectivity index is 1.22. The van der Waals surface area contributed by atoms with Crippen LogP contribution in [0.4, 0.5) is 0 Å². The van der Waals surface area contributed by atoms with Crippen molar-refractivity contribution in [1.82, 2.24) is 15.2 Å². The molecule has 1 amide bonds. The van der Waals surface area contributed by atoms with E-state index in [1.165, 1.54) is 40.4 Å². The van der Waals surface area contributed by atoms with E-state index in [-0.39, 0.29) is 11.9 Å². The van der Waals surface area contributed by atoms with Crippen molar-refractivity contribution in [3.05, 3.63) is 51.5 Å². The first-order valence-electron chi connectivity index (χ1n) is 10.3. The number of likely N-dealkylation sites (tertiary alicyclic amines) is 1. The van der Waals surface area contributed by atoms with Crippen LogP contribution in [0.1, 0.15) is 53.2 Å². The van der Waals surface area contributed by atoms with E-state index in [0.717, 1.165) is 51.7 Å². The van der Waals surface area contributed by atoms with Gasteiger partial charge in [-0.05, 0) is 57.1 Å². The molecule has 0 spiro atoms. The summed E-state index contributed by atoms with van der Waals surface area (Å²) in [5.74, 6) is 0.196. The SMILES string of the molecule is O=C(NCCCc1nc2c(s1)CCCC2)C1CCCN1Cc1ccccc1. The summed E-state index contributed by atoms with van der Waals surface area (Å²) in [6.45, 7) is 2.63. The lowest BCUT2D eigenvalue weighted by molar-refractivity contribution is -0.125. The maximum absolute atomic E-state index is 12.7. The van der Waals surface area contributed by atoms with E-state index in [0.29, 0.717) is 0 Å². The summed E-state index contributed by atoms with van der Waals surface area (Å²) in [5, 5.41) is 4.42. The van der Waals surface area contributed by atoms with Crippen LogP contribution < -0.4 is 5.32 Å². The predicted molar refractivity (Wildman–Crippen MR) is 110 cm³/mol. The third kappa shape index (κ3) is 4.77. The van der Waals surface area contributed by atoms with Crippen molar-refractivity contribution in [2.75, 3.05) is 13.1 Å². The molecule has 1 aliphatic carbocycles. The Morgan fingerprint density at radius 1 is 1.19 bits per heavy atom. The minimum absolute atomic E-state index is 0.0254. The number of fused-ring (bicyclic) bond motifs is 1. The molecule has 1 aromatic heterocycles. The van der Waals surface area contributed by atoms with Gasteiger partial charge >= 0.3 is 0 Å². The van der Waals surface area contributed by atoms with Gasteiger partial charge in [-0.25, -0.2) is 4.98 Å². The Morgan fingerprint density at radius 2 is 2.04 bits per heavy atom. The standard InChI is InChI=1S/C22H29N3OS/c26-22(19-11-7-15-25(19)16-17-8-2-1-3-9-17)23-14-6-13-21-24-18-10-4-5-12-20(18)27-21/h1-3,8-9,19H,4-7,10-16H2,(H,23,26). The van der Waals surface area contributed by atoms with Gasteiger partial charge in [0.25, 0.3) is 0 Å². The zero-order valence-electron chi connectivity index (χ0n) is 16.0. The maximum Gasteiger partial charge on any atom is 0.237 e. The van der Waals surface area contributed by atoms with E-state index in [2.05, 4.69) is 34.5 Å². The van der Waals surface area contributed by atoms with Crippen molar-refractivity contribution >= 4 is 17.2 Å². The highest BCUT2D eigenvalue weighted by molar-refractivity contribution is 7.11. The number of carbonyl (C=O) groups is 1. The molecule has 0 saturated carbocycles. The molecule has 1 aliphatic heterocycles. The number of hydrogen-bond acceptors (Lipinski definition) is 4. The number of aromatic nitrogens is 1. The van der Waals surface area contributed by atoms with Crippen LogP contribution in [0.25, 0.3) is 0 Å². The average Bonchev–Trinajstić information content (AvgIpc) is 3.32. The van der Waals surface area contributed by atoms with Gasteiger partial charge in [-0.1, -0.05) is 30.3 Å². The number of aryl methyl sites for hydroxylation is 3. The van der Waals surface area contributed by atoms with E-state index in [9.17, 15) is 4.79 Å². The van der Waals surface area contributed by atoms with Crippen LogP contribution in [0, 0.1) is 0 Å². The number of carbonyl (C=O) groups excluding carboxylic acids is 1. The molecule has 5 heteroatoms. The van der Waals surface area contributed by atoms with Crippen molar-refractivity contribution in [2.45, 2.75) is 64.0 Å². The van der Waals surface area contributed by atoms with Gasteiger partial charge in [0.05, 0.1) is 16.7 Å². The average molecular weight is 384 g/mol. The normalized spacial score (nSPS) is 19.8. The Labute approximate surface area is 166 Å².